The Morgan fingerprint density at radius 2 is 2.19 bits per heavy atom. The van der Waals surface area contributed by atoms with Gasteiger partial charge in [-0.1, -0.05) is 25.1 Å². The molecule has 0 unspecified atom stereocenters. The zero-order valence-corrected chi connectivity index (χ0v) is 9.76. The van der Waals surface area contributed by atoms with E-state index in [4.69, 9.17) is 5.11 Å². The van der Waals surface area contributed by atoms with Crippen LogP contribution in [0.3, 0.4) is 0 Å². The van der Waals surface area contributed by atoms with Gasteiger partial charge in [0.1, 0.15) is 5.82 Å². The van der Waals surface area contributed by atoms with Crippen molar-refractivity contribution in [3.63, 3.8) is 0 Å². The van der Waals surface area contributed by atoms with E-state index in [1.54, 1.807) is 31.2 Å². The van der Waals surface area contributed by atoms with E-state index in [1.165, 1.54) is 17.8 Å². The summed E-state index contributed by atoms with van der Waals surface area (Å²) >= 11 is 1.29. The van der Waals surface area contributed by atoms with Crippen LogP contribution in [-0.4, -0.2) is 16.8 Å². The van der Waals surface area contributed by atoms with Crippen molar-refractivity contribution in [1.29, 1.82) is 0 Å². The minimum absolute atomic E-state index is 0.269. The largest absolute Gasteiger partial charge is 0.478 e. The van der Waals surface area contributed by atoms with E-state index < -0.39 is 5.97 Å². The van der Waals surface area contributed by atoms with Crippen LogP contribution in [-0.2, 0) is 4.79 Å². The van der Waals surface area contributed by atoms with Gasteiger partial charge in [0.05, 0.1) is 0 Å². The molecule has 0 aliphatic heterocycles. The van der Waals surface area contributed by atoms with Crippen LogP contribution in [0.2, 0.25) is 0 Å². The van der Waals surface area contributed by atoms with Crippen molar-refractivity contribution in [2.45, 2.75) is 18.2 Å². The first kappa shape index (κ1) is 12.8. The molecule has 0 fully saturated rings. The van der Waals surface area contributed by atoms with Crippen LogP contribution in [0.1, 0.15) is 13.3 Å². The Hall–Kier alpha value is -1.29. The van der Waals surface area contributed by atoms with Gasteiger partial charge in [-0.05, 0) is 18.6 Å². The molecule has 1 aromatic rings. The molecule has 0 saturated carbocycles. The van der Waals surface area contributed by atoms with Gasteiger partial charge in [-0.25, -0.2) is 9.18 Å². The summed E-state index contributed by atoms with van der Waals surface area (Å²) in [6.07, 6.45) is 2.10. The highest BCUT2D eigenvalue weighted by atomic mass is 32.2. The molecule has 4 heteroatoms. The Bertz CT molecular complexity index is 402. The second kappa shape index (κ2) is 6.33. The molecule has 1 rings (SSSR count). The summed E-state index contributed by atoms with van der Waals surface area (Å²) in [4.78, 5) is 11.2. The topological polar surface area (TPSA) is 37.3 Å². The van der Waals surface area contributed by atoms with Gasteiger partial charge in [0.15, 0.2) is 0 Å². The molecule has 0 aromatic heterocycles. The van der Waals surface area contributed by atoms with Crippen molar-refractivity contribution in [3.05, 3.63) is 41.7 Å². The van der Waals surface area contributed by atoms with Gasteiger partial charge in [-0.3, -0.25) is 0 Å². The Labute approximate surface area is 98.2 Å². The molecule has 0 heterocycles. The van der Waals surface area contributed by atoms with Crippen molar-refractivity contribution in [1.82, 2.24) is 0 Å². The van der Waals surface area contributed by atoms with Crippen LogP contribution in [0.25, 0.3) is 0 Å². The standard InChI is InChI=1S/C12H13FO2S/c1-2-9(12(14)15)7-8-16-11-6-4-3-5-10(11)13/h3-7H,2,8H2,1H3,(H,14,15). The third-order valence-electron chi connectivity index (χ3n) is 2.06. The fourth-order valence-electron chi connectivity index (χ4n) is 1.18. The lowest BCUT2D eigenvalue weighted by Crippen LogP contribution is -1.99. The van der Waals surface area contributed by atoms with Gasteiger partial charge in [-0.15, -0.1) is 11.8 Å². The second-order valence-corrected chi connectivity index (χ2v) is 4.19. The number of hydrogen-bond donors (Lipinski definition) is 1. The summed E-state index contributed by atoms with van der Waals surface area (Å²) in [7, 11) is 0. The Balaban J connectivity index is 2.59. The van der Waals surface area contributed by atoms with Crippen LogP contribution in [0.15, 0.2) is 40.8 Å². The van der Waals surface area contributed by atoms with Gasteiger partial charge in [0.2, 0.25) is 0 Å². The molecular weight excluding hydrogens is 227 g/mol. The summed E-state index contributed by atoms with van der Waals surface area (Å²) in [5.41, 5.74) is 0.365. The monoisotopic (exact) mass is 240 g/mol. The molecular formula is C12H13FO2S. The second-order valence-electron chi connectivity index (χ2n) is 3.13. The predicted octanol–water partition coefficient (Wildman–Crippen LogP) is 3.34. The molecule has 86 valence electrons. The number of benzene rings is 1. The first-order chi connectivity index (χ1) is 7.65. The Morgan fingerprint density at radius 1 is 1.50 bits per heavy atom. The van der Waals surface area contributed by atoms with Crippen molar-refractivity contribution >= 4 is 17.7 Å². The normalized spacial score (nSPS) is 11.5. The number of carboxylic acids is 1. The first-order valence-electron chi connectivity index (χ1n) is 4.94. The highest BCUT2D eigenvalue weighted by Gasteiger charge is 2.04. The highest BCUT2D eigenvalue weighted by molar-refractivity contribution is 7.99. The van der Waals surface area contributed by atoms with Crippen LogP contribution >= 0.6 is 11.8 Å². The maximum atomic E-state index is 13.2. The highest BCUT2D eigenvalue weighted by Crippen LogP contribution is 2.21. The van der Waals surface area contributed by atoms with Gasteiger partial charge in [-0.2, -0.15) is 0 Å². The molecule has 1 aromatic carbocycles. The third-order valence-corrected chi connectivity index (χ3v) is 3.04. The molecule has 0 atom stereocenters. The molecule has 0 aliphatic rings. The summed E-state index contributed by atoms with van der Waals surface area (Å²) < 4.78 is 13.2. The van der Waals surface area contributed by atoms with E-state index in [0.717, 1.165) is 0 Å². The molecule has 0 saturated heterocycles. The zero-order valence-electron chi connectivity index (χ0n) is 8.94. The minimum atomic E-state index is -0.906. The molecule has 0 radical (unpaired) electrons. The molecule has 1 N–H and O–H groups in total. The van der Waals surface area contributed by atoms with Crippen molar-refractivity contribution in [3.8, 4) is 0 Å². The summed E-state index contributed by atoms with van der Waals surface area (Å²) in [6, 6.07) is 6.46. The van der Waals surface area contributed by atoms with Crippen LogP contribution in [0.4, 0.5) is 4.39 Å². The van der Waals surface area contributed by atoms with E-state index in [2.05, 4.69) is 0 Å². The van der Waals surface area contributed by atoms with E-state index >= 15 is 0 Å². The van der Waals surface area contributed by atoms with Crippen molar-refractivity contribution in [2.75, 3.05) is 5.75 Å². The number of carboxylic acid groups (broad SMARTS) is 1. The number of carbonyl (C=O) groups is 1. The third kappa shape index (κ3) is 3.70. The molecule has 16 heavy (non-hydrogen) atoms. The first-order valence-corrected chi connectivity index (χ1v) is 5.93. The molecule has 0 aliphatic carbocycles. The lowest BCUT2D eigenvalue weighted by atomic mass is 10.2. The molecule has 0 amide bonds. The number of thioether (sulfide) groups is 1. The number of rotatable bonds is 5. The smallest absolute Gasteiger partial charge is 0.331 e. The Morgan fingerprint density at radius 3 is 2.75 bits per heavy atom. The fourth-order valence-corrected chi connectivity index (χ4v) is 2.02. The van der Waals surface area contributed by atoms with E-state index in [1.807, 2.05) is 0 Å². The maximum absolute atomic E-state index is 13.2. The quantitative estimate of drug-likeness (QED) is 0.633. The van der Waals surface area contributed by atoms with Gasteiger partial charge in [0, 0.05) is 16.2 Å². The summed E-state index contributed by atoms with van der Waals surface area (Å²) in [5.74, 6) is -0.706. The lowest BCUT2D eigenvalue weighted by Gasteiger charge is -2.01. The molecule has 2 nitrogen and oxygen atoms in total. The maximum Gasteiger partial charge on any atom is 0.331 e. The predicted molar refractivity (Wildman–Crippen MR) is 63.1 cm³/mol. The summed E-state index contributed by atoms with van der Waals surface area (Å²) in [6.45, 7) is 1.79. The van der Waals surface area contributed by atoms with Gasteiger partial charge >= 0.3 is 5.97 Å². The molecule has 0 spiro atoms. The van der Waals surface area contributed by atoms with Gasteiger partial charge in [0.25, 0.3) is 0 Å². The average molecular weight is 240 g/mol. The summed E-state index contributed by atoms with van der Waals surface area (Å²) in [5, 5.41) is 8.77. The number of halogens is 1. The van der Waals surface area contributed by atoms with E-state index in [0.29, 0.717) is 22.6 Å². The Kier molecular flexibility index (Phi) is 5.05. The van der Waals surface area contributed by atoms with Crippen LogP contribution < -0.4 is 0 Å². The van der Waals surface area contributed by atoms with E-state index in [9.17, 15) is 9.18 Å². The van der Waals surface area contributed by atoms with Gasteiger partial charge < -0.3 is 5.11 Å². The lowest BCUT2D eigenvalue weighted by molar-refractivity contribution is -0.132. The SMILES string of the molecule is CCC(=CCSc1ccccc1F)C(=O)O. The van der Waals surface area contributed by atoms with Crippen molar-refractivity contribution in [2.24, 2.45) is 0 Å². The van der Waals surface area contributed by atoms with Crippen molar-refractivity contribution < 1.29 is 14.3 Å². The van der Waals surface area contributed by atoms with Crippen LogP contribution in [0, 0.1) is 5.82 Å². The number of aliphatic carboxylic acids is 1. The minimum Gasteiger partial charge on any atom is -0.478 e. The van der Waals surface area contributed by atoms with E-state index in [-0.39, 0.29) is 5.82 Å². The average Bonchev–Trinajstić information content (AvgIpc) is 2.26. The zero-order chi connectivity index (χ0) is 12.0. The fraction of sp³-hybridized carbons (Fsp3) is 0.250. The van der Waals surface area contributed by atoms with Crippen LogP contribution in [0.5, 0.6) is 0 Å². The molecule has 0 bridgehead atoms. The number of hydrogen-bond acceptors (Lipinski definition) is 2.